The number of hydrogen-bond acceptors (Lipinski definition) is 1. The highest BCUT2D eigenvalue weighted by molar-refractivity contribution is 5.23. The summed E-state index contributed by atoms with van der Waals surface area (Å²) in [6.07, 6.45) is -2.09. The summed E-state index contributed by atoms with van der Waals surface area (Å²) in [6.45, 7) is 0.287. The maximum atomic E-state index is 11.6. The Balaban J connectivity index is 2.61. The summed E-state index contributed by atoms with van der Waals surface area (Å²) in [6, 6.07) is 0. The quantitative estimate of drug-likeness (QED) is 0.528. The summed E-state index contributed by atoms with van der Waals surface area (Å²) in [7, 11) is 0. The third-order valence-corrected chi connectivity index (χ3v) is 1.02. The van der Waals surface area contributed by atoms with Crippen LogP contribution in [-0.4, -0.2) is 12.7 Å². The lowest BCUT2D eigenvalue weighted by molar-refractivity contribution is -0.0893. The van der Waals surface area contributed by atoms with Crippen LogP contribution in [0.5, 0.6) is 0 Å². The summed E-state index contributed by atoms with van der Waals surface area (Å²) in [5.74, 6) is 0. The lowest BCUT2D eigenvalue weighted by Gasteiger charge is -2.03. The second kappa shape index (κ2) is 1.93. The molecule has 0 fully saturated rings. The van der Waals surface area contributed by atoms with Gasteiger partial charge >= 0.3 is 6.18 Å². The Morgan fingerprint density at radius 1 is 1.44 bits per heavy atom. The molecule has 0 spiro atoms. The normalized spacial score (nSPS) is 19.2. The molecule has 1 aliphatic rings. The van der Waals surface area contributed by atoms with Crippen LogP contribution in [0.15, 0.2) is 11.8 Å². The van der Waals surface area contributed by atoms with Crippen molar-refractivity contribution in [2.45, 2.75) is 6.18 Å². The molecule has 9 heavy (non-hydrogen) atoms. The van der Waals surface area contributed by atoms with Gasteiger partial charge in [0.2, 0.25) is 0 Å². The van der Waals surface area contributed by atoms with Gasteiger partial charge in [0.05, 0.1) is 5.57 Å². The molecule has 51 valence electrons. The van der Waals surface area contributed by atoms with E-state index in [0.29, 0.717) is 0 Å². The molecule has 1 N–H and O–H groups in total. The fourth-order valence-corrected chi connectivity index (χ4v) is 0.594. The molecule has 0 bridgehead atoms. The summed E-state index contributed by atoms with van der Waals surface area (Å²) in [5.41, 5.74) is -0.581. The van der Waals surface area contributed by atoms with E-state index in [2.05, 4.69) is 5.32 Å². The van der Waals surface area contributed by atoms with E-state index in [-0.39, 0.29) is 6.54 Å². The maximum Gasteiger partial charge on any atom is 0.414 e. The zero-order valence-electron chi connectivity index (χ0n) is 4.50. The summed E-state index contributed by atoms with van der Waals surface area (Å²) in [5, 5.41) is 2.44. The molecule has 0 saturated heterocycles. The first-order valence-corrected chi connectivity index (χ1v) is 2.44. The van der Waals surface area contributed by atoms with Gasteiger partial charge in [0.25, 0.3) is 0 Å². The maximum absolute atomic E-state index is 11.6. The molecule has 0 aromatic carbocycles. The van der Waals surface area contributed by atoms with Crippen molar-refractivity contribution in [1.82, 2.24) is 5.32 Å². The van der Waals surface area contributed by atoms with Gasteiger partial charge in [0.1, 0.15) is 0 Å². The van der Waals surface area contributed by atoms with E-state index in [9.17, 15) is 13.2 Å². The van der Waals surface area contributed by atoms with Crippen molar-refractivity contribution in [2.24, 2.45) is 0 Å². The van der Waals surface area contributed by atoms with Crippen molar-refractivity contribution in [3.05, 3.63) is 18.2 Å². The lowest BCUT2D eigenvalue weighted by atomic mass is 10.2. The second-order valence-corrected chi connectivity index (χ2v) is 1.71. The van der Waals surface area contributed by atoms with E-state index in [1.54, 1.807) is 0 Å². The fourth-order valence-electron chi connectivity index (χ4n) is 0.594. The Morgan fingerprint density at radius 2 is 2.11 bits per heavy atom. The number of halogens is 3. The van der Waals surface area contributed by atoms with E-state index < -0.39 is 11.7 Å². The number of nitrogens with one attached hydrogen (secondary N) is 1. The van der Waals surface area contributed by atoms with Crippen LogP contribution in [0.25, 0.3) is 0 Å². The van der Waals surface area contributed by atoms with Gasteiger partial charge in [-0.1, -0.05) is 0 Å². The van der Waals surface area contributed by atoms with E-state index in [1.807, 2.05) is 0 Å². The van der Waals surface area contributed by atoms with Crippen molar-refractivity contribution in [1.29, 1.82) is 0 Å². The second-order valence-electron chi connectivity index (χ2n) is 1.71. The first kappa shape index (κ1) is 6.45. The van der Waals surface area contributed by atoms with Crippen molar-refractivity contribution in [3.8, 4) is 0 Å². The van der Waals surface area contributed by atoms with Crippen LogP contribution >= 0.6 is 0 Å². The van der Waals surface area contributed by atoms with Gasteiger partial charge in [0.15, 0.2) is 0 Å². The van der Waals surface area contributed by atoms with E-state index in [4.69, 9.17) is 0 Å². The minimum absolute atomic E-state index is 0.287. The first-order valence-electron chi connectivity index (χ1n) is 2.44. The van der Waals surface area contributed by atoms with Crippen molar-refractivity contribution in [3.63, 3.8) is 0 Å². The van der Waals surface area contributed by atoms with Crippen LogP contribution < -0.4 is 5.32 Å². The highest BCUT2D eigenvalue weighted by Gasteiger charge is 2.34. The zero-order valence-corrected chi connectivity index (χ0v) is 4.50. The van der Waals surface area contributed by atoms with Gasteiger partial charge in [-0.2, -0.15) is 13.2 Å². The van der Waals surface area contributed by atoms with E-state index >= 15 is 0 Å². The third-order valence-electron chi connectivity index (χ3n) is 1.02. The highest BCUT2D eigenvalue weighted by Crippen LogP contribution is 2.28. The van der Waals surface area contributed by atoms with Gasteiger partial charge in [-0.15, -0.1) is 0 Å². The molecule has 1 rings (SSSR count). The van der Waals surface area contributed by atoms with Crippen LogP contribution in [-0.2, 0) is 0 Å². The molecular formula is C5H5F3N. The molecule has 1 radical (unpaired) electrons. The molecule has 1 aliphatic heterocycles. The van der Waals surface area contributed by atoms with Crippen LogP contribution in [0, 0.1) is 6.42 Å². The number of hydrogen-bond donors (Lipinski definition) is 1. The van der Waals surface area contributed by atoms with Crippen LogP contribution in [0.1, 0.15) is 0 Å². The van der Waals surface area contributed by atoms with E-state index in [0.717, 1.165) is 12.6 Å². The molecular weight excluding hydrogens is 131 g/mol. The third kappa shape index (κ3) is 1.37. The van der Waals surface area contributed by atoms with Crippen LogP contribution in [0.3, 0.4) is 0 Å². The average Bonchev–Trinajstić information content (AvgIpc) is 2.08. The molecule has 0 amide bonds. The largest absolute Gasteiger partial charge is 0.414 e. The minimum atomic E-state index is -4.18. The Morgan fingerprint density at radius 3 is 2.33 bits per heavy atom. The minimum Gasteiger partial charge on any atom is -0.390 e. The predicted molar refractivity (Wildman–Crippen MR) is 26.4 cm³/mol. The van der Waals surface area contributed by atoms with Crippen molar-refractivity contribution < 1.29 is 13.2 Å². The first-order chi connectivity index (χ1) is 4.11. The predicted octanol–water partition coefficient (Wildman–Crippen LogP) is 1.24. The van der Waals surface area contributed by atoms with Gasteiger partial charge in [-0.25, -0.2) is 0 Å². The van der Waals surface area contributed by atoms with Crippen molar-refractivity contribution in [2.75, 3.05) is 6.54 Å². The molecule has 0 aliphatic carbocycles. The zero-order chi connectivity index (χ0) is 6.91. The van der Waals surface area contributed by atoms with Gasteiger partial charge < -0.3 is 5.32 Å². The molecule has 0 unspecified atom stereocenters. The monoisotopic (exact) mass is 136 g/mol. The Hall–Kier alpha value is -0.670. The molecule has 1 heterocycles. The number of rotatable bonds is 0. The summed E-state index contributed by atoms with van der Waals surface area (Å²) >= 11 is 0. The molecule has 0 aromatic heterocycles. The standard InChI is InChI=1S/C5H5F3N/c6-5(7,8)4-1-2-9-3-4/h1,3,9H,2H2. The summed E-state index contributed by atoms with van der Waals surface area (Å²) in [4.78, 5) is 0. The Labute approximate surface area is 50.6 Å². The SMILES string of the molecule is FC(F)(F)C1=CNC[CH]1. The topological polar surface area (TPSA) is 12.0 Å². The van der Waals surface area contributed by atoms with Crippen molar-refractivity contribution >= 4 is 0 Å². The molecule has 4 heteroatoms. The van der Waals surface area contributed by atoms with Crippen LogP contribution in [0.4, 0.5) is 13.2 Å². The lowest BCUT2D eigenvalue weighted by Crippen LogP contribution is -2.10. The van der Waals surface area contributed by atoms with E-state index in [1.165, 1.54) is 0 Å². The number of alkyl halides is 3. The Kier molecular flexibility index (Phi) is 1.38. The van der Waals surface area contributed by atoms with Gasteiger partial charge in [-0.3, -0.25) is 0 Å². The molecule has 0 atom stereocenters. The average molecular weight is 136 g/mol. The van der Waals surface area contributed by atoms with Crippen LogP contribution in [0.2, 0.25) is 0 Å². The van der Waals surface area contributed by atoms with Gasteiger partial charge in [-0.05, 0) is 0 Å². The Bertz CT molecular complexity index is 136. The van der Waals surface area contributed by atoms with Gasteiger partial charge in [0, 0.05) is 19.2 Å². The molecule has 0 saturated carbocycles. The highest BCUT2D eigenvalue weighted by atomic mass is 19.4. The summed E-state index contributed by atoms with van der Waals surface area (Å²) < 4.78 is 34.9. The molecule has 0 aromatic rings. The smallest absolute Gasteiger partial charge is 0.390 e. The molecule has 1 nitrogen and oxygen atoms in total. The fraction of sp³-hybridized carbons (Fsp3) is 0.400.